The van der Waals surface area contributed by atoms with Gasteiger partial charge in [0.2, 0.25) is 0 Å². The maximum absolute atomic E-state index is 13.2. The molecular formula is C31H31NO7. The number of aliphatic hydroxyl groups is 1. The summed E-state index contributed by atoms with van der Waals surface area (Å²) in [6.07, 6.45) is 0.512. The molecule has 1 fully saturated rings. The third-order valence-corrected chi connectivity index (χ3v) is 6.43. The molecular weight excluding hydrogens is 498 g/mol. The van der Waals surface area contributed by atoms with E-state index in [0.717, 1.165) is 11.1 Å². The number of likely N-dealkylation sites (tertiary alicyclic amines) is 1. The molecule has 0 aliphatic carbocycles. The van der Waals surface area contributed by atoms with Crippen LogP contribution in [0.25, 0.3) is 5.76 Å². The van der Waals surface area contributed by atoms with Crippen molar-refractivity contribution in [2.75, 3.05) is 20.3 Å². The minimum absolute atomic E-state index is 0.00462. The lowest BCUT2D eigenvalue weighted by Crippen LogP contribution is -2.31. The van der Waals surface area contributed by atoms with Gasteiger partial charge in [-0.2, -0.15) is 0 Å². The predicted octanol–water partition coefficient (Wildman–Crippen LogP) is 4.96. The van der Waals surface area contributed by atoms with Gasteiger partial charge in [0.05, 0.1) is 11.6 Å². The first-order valence-corrected chi connectivity index (χ1v) is 12.6. The smallest absolute Gasteiger partial charge is 0.308 e. The van der Waals surface area contributed by atoms with E-state index in [0.29, 0.717) is 42.3 Å². The van der Waals surface area contributed by atoms with Gasteiger partial charge in [0, 0.05) is 32.7 Å². The van der Waals surface area contributed by atoms with Crippen LogP contribution in [-0.2, 0) is 25.7 Å². The molecule has 39 heavy (non-hydrogen) atoms. The van der Waals surface area contributed by atoms with Crippen molar-refractivity contribution < 1.29 is 33.7 Å². The number of carbonyl (C=O) groups is 3. The Bertz CT molecular complexity index is 1380. The molecule has 3 aromatic rings. The maximum atomic E-state index is 13.2. The van der Waals surface area contributed by atoms with Crippen molar-refractivity contribution >= 4 is 23.4 Å². The number of aryl methyl sites for hydroxylation is 1. The molecule has 1 saturated heterocycles. The summed E-state index contributed by atoms with van der Waals surface area (Å²) in [5, 5.41) is 11.4. The summed E-state index contributed by atoms with van der Waals surface area (Å²) in [5.41, 5.74) is 2.79. The van der Waals surface area contributed by atoms with Crippen LogP contribution in [0, 0.1) is 6.92 Å². The van der Waals surface area contributed by atoms with Crippen LogP contribution in [0.4, 0.5) is 0 Å². The minimum Gasteiger partial charge on any atom is -0.507 e. The molecule has 1 unspecified atom stereocenters. The summed E-state index contributed by atoms with van der Waals surface area (Å²) in [6, 6.07) is 20.6. The largest absolute Gasteiger partial charge is 0.507 e. The van der Waals surface area contributed by atoms with E-state index < -0.39 is 23.7 Å². The molecule has 4 rings (SSSR count). The van der Waals surface area contributed by atoms with Crippen molar-refractivity contribution in [3.8, 4) is 11.5 Å². The van der Waals surface area contributed by atoms with E-state index in [1.807, 2.05) is 37.3 Å². The summed E-state index contributed by atoms with van der Waals surface area (Å²) < 4.78 is 16.2. The third kappa shape index (κ3) is 6.35. The molecule has 202 valence electrons. The number of esters is 1. The fourth-order valence-electron chi connectivity index (χ4n) is 4.57. The van der Waals surface area contributed by atoms with Crippen molar-refractivity contribution in [3.05, 3.63) is 101 Å². The van der Waals surface area contributed by atoms with Gasteiger partial charge in [-0.3, -0.25) is 14.4 Å². The standard InChI is InChI=1S/C31H31NO7/c1-20-18-24(12-15-26(20)38-19-22-8-5-4-6-9-22)29(34)27-28(23-10-13-25(14-11-23)39-21(2)33)32(16-7-17-37-3)31(36)30(27)35/h4-6,8-15,18,28,34H,7,16-17,19H2,1-3H3/b29-27-. The van der Waals surface area contributed by atoms with E-state index >= 15 is 0 Å². The van der Waals surface area contributed by atoms with Gasteiger partial charge in [0.1, 0.15) is 23.9 Å². The van der Waals surface area contributed by atoms with Gasteiger partial charge in [-0.1, -0.05) is 42.5 Å². The van der Waals surface area contributed by atoms with Crippen molar-refractivity contribution in [2.24, 2.45) is 0 Å². The number of carbonyl (C=O) groups excluding carboxylic acids is 3. The van der Waals surface area contributed by atoms with Crippen molar-refractivity contribution in [1.29, 1.82) is 0 Å². The van der Waals surface area contributed by atoms with Crippen LogP contribution in [0.1, 0.15) is 41.6 Å². The Morgan fingerprint density at radius 3 is 2.36 bits per heavy atom. The third-order valence-electron chi connectivity index (χ3n) is 6.43. The Morgan fingerprint density at radius 2 is 1.72 bits per heavy atom. The van der Waals surface area contributed by atoms with E-state index in [1.54, 1.807) is 49.6 Å². The summed E-state index contributed by atoms with van der Waals surface area (Å²) in [5.74, 6) is -1.20. The second kappa shape index (κ2) is 12.4. The number of aliphatic hydroxyl groups excluding tert-OH is 1. The minimum atomic E-state index is -0.817. The molecule has 1 N–H and O–H groups in total. The molecule has 0 aromatic heterocycles. The van der Waals surface area contributed by atoms with Gasteiger partial charge in [-0.05, 0) is 60.4 Å². The molecule has 0 spiro atoms. The molecule has 0 radical (unpaired) electrons. The average Bonchev–Trinajstić information content (AvgIpc) is 3.18. The van der Waals surface area contributed by atoms with E-state index in [9.17, 15) is 19.5 Å². The second-order valence-corrected chi connectivity index (χ2v) is 9.26. The molecule has 8 nitrogen and oxygen atoms in total. The lowest BCUT2D eigenvalue weighted by Gasteiger charge is -2.25. The zero-order chi connectivity index (χ0) is 27.9. The normalized spacial score (nSPS) is 16.4. The Balaban J connectivity index is 1.68. The fraction of sp³-hybridized carbons (Fsp3) is 0.258. The Morgan fingerprint density at radius 1 is 1.00 bits per heavy atom. The second-order valence-electron chi connectivity index (χ2n) is 9.26. The number of rotatable bonds is 10. The van der Waals surface area contributed by atoms with Crippen LogP contribution in [0.2, 0.25) is 0 Å². The summed E-state index contributed by atoms with van der Waals surface area (Å²) in [4.78, 5) is 39.1. The highest BCUT2D eigenvalue weighted by Gasteiger charge is 2.45. The number of hydrogen-bond acceptors (Lipinski definition) is 7. The highest BCUT2D eigenvalue weighted by atomic mass is 16.5. The van der Waals surface area contributed by atoms with Crippen molar-refractivity contribution in [2.45, 2.75) is 32.9 Å². The summed E-state index contributed by atoms with van der Waals surface area (Å²) >= 11 is 0. The van der Waals surface area contributed by atoms with Crippen molar-refractivity contribution in [1.82, 2.24) is 4.90 Å². The fourth-order valence-corrected chi connectivity index (χ4v) is 4.57. The Kier molecular flexibility index (Phi) is 8.78. The molecule has 1 atom stereocenters. The highest BCUT2D eigenvalue weighted by Crippen LogP contribution is 2.40. The van der Waals surface area contributed by atoms with Crippen LogP contribution in [0.3, 0.4) is 0 Å². The molecule has 1 amide bonds. The molecule has 0 saturated carbocycles. The topological polar surface area (TPSA) is 102 Å². The maximum Gasteiger partial charge on any atom is 0.308 e. The van der Waals surface area contributed by atoms with Gasteiger partial charge >= 0.3 is 5.97 Å². The molecule has 1 heterocycles. The van der Waals surface area contributed by atoms with Gasteiger partial charge < -0.3 is 24.2 Å². The quantitative estimate of drug-likeness (QED) is 0.0989. The van der Waals surface area contributed by atoms with Gasteiger partial charge in [0.15, 0.2) is 0 Å². The zero-order valence-electron chi connectivity index (χ0n) is 22.2. The number of methoxy groups -OCH3 is 1. The van der Waals surface area contributed by atoms with Crippen LogP contribution in [0.5, 0.6) is 11.5 Å². The number of hydrogen-bond donors (Lipinski definition) is 1. The van der Waals surface area contributed by atoms with Gasteiger partial charge in [-0.25, -0.2) is 0 Å². The number of Topliss-reactive ketones (excluding diaryl/α,β-unsaturated/α-hetero) is 1. The van der Waals surface area contributed by atoms with Crippen LogP contribution >= 0.6 is 0 Å². The number of benzene rings is 3. The highest BCUT2D eigenvalue weighted by molar-refractivity contribution is 6.46. The first-order chi connectivity index (χ1) is 18.8. The number of ether oxygens (including phenoxy) is 3. The van der Waals surface area contributed by atoms with E-state index in [1.165, 1.54) is 11.8 Å². The molecule has 1 aliphatic heterocycles. The van der Waals surface area contributed by atoms with Crippen LogP contribution in [0.15, 0.2) is 78.4 Å². The SMILES string of the molecule is COCCCN1C(=O)C(=O)/C(=C(\O)c2ccc(OCc3ccccc3)c(C)c2)C1c1ccc(OC(C)=O)cc1. The monoisotopic (exact) mass is 529 g/mol. The zero-order valence-corrected chi connectivity index (χ0v) is 22.2. The van der Waals surface area contributed by atoms with Gasteiger partial charge in [-0.15, -0.1) is 0 Å². The number of ketones is 1. The van der Waals surface area contributed by atoms with Crippen molar-refractivity contribution in [3.63, 3.8) is 0 Å². The molecule has 3 aromatic carbocycles. The van der Waals surface area contributed by atoms with E-state index in [2.05, 4.69) is 0 Å². The number of amides is 1. The first kappa shape index (κ1) is 27.6. The molecule has 1 aliphatic rings. The molecule has 0 bridgehead atoms. The Labute approximate surface area is 227 Å². The number of nitrogens with zero attached hydrogens (tertiary/aromatic N) is 1. The van der Waals surface area contributed by atoms with Crippen LogP contribution < -0.4 is 9.47 Å². The van der Waals surface area contributed by atoms with Crippen LogP contribution in [-0.4, -0.2) is 47.9 Å². The summed E-state index contributed by atoms with van der Waals surface area (Å²) in [7, 11) is 1.56. The molecule has 8 heteroatoms. The first-order valence-electron chi connectivity index (χ1n) is 12.6. The van der Waals surface area contributed by atoms with Gasteiger partial charge in [0.25, 0.3) is 11.7 Å². The Hall–Kier alpha value is -4.43. The van der Waals surface area contributed by atoms with E-state index in [4.69, 9.17) is 14.2 Å². The predicted molar refractivity (Wildman–Crippen MR) is 145 cm³/mol. The lowest BCUT2D eigenvalue weighted by molar-refractivity contribution is -0.140. The summed E-state index contributed by atoms with van der Waals surface area (Å²) in [6.45, 7) is 4.22. The lowest BCUT2D eigenvalue weighted by atomic mass is 9.94. The average molecular weight is 530 g/mol. The van der Waals surface area contributed by atoms with E-state index in [-0.39, 0.29) is 17.9 Å².